The highest BCUT2D eigenvalue weighted by Crippen LogP contribution is 2.24. The summed E-state index contributed by atoms with van der Waals surface area (Å²) < 4.78 is 13.4. The third-order valence-electron chi connectivity index (χ3n) is 3.86. The van der Waals surface area contributed by atoms with Gasteiger partial charge in [-0.05, 0) is 19.3 Å². The molecule has 6 heteroatoms. The SMILES string of the molecule is O[C@@H]1CN(c2cc(N3CCCCC3)ncn2)C[C@H]1F. The average molecular weight is 266 g/mol. The maximum Gasteiger partial charge on any atom is 0.145 e. The van der Waals surface area contributed by atoms with E-state index < -0.39 is 12.3 Å². The van der Waals surface area contributed by atoms with E-state index in [0.717, 1.165) is 18.9 Å². The van der Waals surface area contributed by atoms with Crippen LogP contribution < -0.4 is 9.80 Å². The van der Waals surface area contributed by atoms with Gasteiger partial charge in [0.15, 0.2) is 0 Å². The molecule has 1 aromatic rings. The molecule has 0 bridgehead atoms. The van der Waals surface area contributed by atoms with Gasteiger partial charge in [-0.2, -0.15) is 0 Å². The van der Waals surface area contributed by atoms with E-state index in [1.807, 2.05) is 6.07 Å². The van der Waals surface area contributed by atoms with Crippen LogP contribution in [-0.2, 0) is 0 Å². The second-order valence-corrected chi connectivity index (χ2v) is 5.27. The Bertz CT molecular complexity index is 428. The van der Waals surface area contributed by atoms with Gasteiger partial charge in [0.1, 0.15) is 30.2 Å². The zero-order valence-electron chi connectivity index (χ0n) is 10.9. The second-order valence-electron chi connectivity index (χ2n) is 5.27. The van der Waals surface area contributed by atoms with Gasteiger partial charge in [0.2, 0.25) is 0 Å². The van der Waals surface area contributed by atoms with Crippen molar-refractivity contribution < 1.29 is 9.50 Å². The summed E-state index contributed by atoms with van der Waals surface area (Å²) in [6, 6.07) is 1.90. The highest BCUT2D eigenvalue weighted by molar-refractivity contribution is 5.51. The highest BCUT2D eigenvalue weighted by atomic mass is 19.1. The minimum absolute atomic E-state index is 0.206. The molecule has 0 aliphatic carbocycles. The van der Waals surface area contributed by atoms with E-state index in [-0.39, 0.29) is 6.54 Å². The summed E-state index contributed by atoms with van der Waals surface area (Å²) in [5.74, 6) is 1.61. The van der Waals surface area contributed by atoms with Crippen LogP contribution in [0.15, 0.2) is 12.4 Å². The first-order chi connectivity index (χ1) is 9.24. The number of rotatable bonds is 2. The van der Waals surface area contributed by atoms with Crippen molar-refractivity contribution in [2.75, 3.05) is 36.0 Å². The largest absolute Gasteiger partial charge is 0.388 e. The molecule has 3 rings (SSSR count). The van der Waals surface area contributed by atoms with Crippen LogP contribution in [0.4, 0.5) is 16.0 Å². The first-order valence-corrected chi connectivity index (χ1v) is 6.88. The zero-order chi connectivity index (χ0) is 13.2. The summed E-state index contributed by atoms with van der Waals surface area (Å²) in [6.45, 7) is 2.55. The summed E-state index contributed by atoms with van der Waals surface area (Å²) in [7, 11) is 0. The van der Waals surface area contributed by atoms with E-state index in [1.54, 1.807) is 4.90 Å². The average Bonchev–Trinajstić information content (AvgIpc) is 2.80. The van der Waals surface area contributed by atoms with Crippen LogP contribution in [-0.4, -0.2) is 53.5 Å². The fourth-order valence-electron chi connectivity index (χ4n) is 2.74. The van der Waals surface area contributed by atoms with Crippen molar-refractivity contribution in [3.63, 3.8) is 0 Å². The third kappa shape index (κ3) is 2.63. The molecule has 0 unspecified atom stereocenters. The van der Waals surface area contributed by atoms with Crippen LogP contribution in [0.3, 0.4) is 0 Å². The van der Waals surface area contributed by atoms with Gasteiger partial charge in [-0.25, -0.2) is 14.4 Å². The predicted molar refractivity (Wildman–Crippen MR) is 71.2 cm³/mol. The third-order valence-corrected chi connectivity index (χ3v) is 3.86. The Hall–Kier alpha value is -1.43. The van der Waals surface area contributed by atoms with E-state index in [9.17, 15) is 9.50 Å². The van der Waals surface area contributed by atoms with Gasteiger partial charge in [0.25, 0.3) is 0 Å². The topological polar surface area (TPSA) is 52.5 Å². The van der Waals surface area contributed by atoms with Crippen molar-refractivity contribution in [2.45, 2.75) is 31.5 Å². The van der Waals surface area contributed by atoms with E-state index >= 15 is 0 Å². The molecule has 2 atom stereocenters. The van der Waals surface area contributed by atoms with Gasteiger partial charge in [-0.15, -0.1) is 0 Å². The number of piperidine rings is 1. The fraction of sp³-hybridized carbons (Fsp3) is 0.692. The molecule has 1 aromatic heterocycles. The Labute approximate surface area is 112 Å². The Morgan fingerprint density at radius 1 is 1.05 bits per heavy atom. The molecule has 2 fully saturated rings. The van der Waals surface area contributed by atoms with Gasteiger partial charge < -0.3 is 14.9 Å². The molecule has 5 nitrogen and oxygen atoms in total. The number of aliphatic hydroxyl groups excluding tert-OH is 1. The van der Waals surface area contributed by atoms with Gasteiger partial charge in [0.05, 0.1) is 6.54 Å². The lowest BCUT2D eigenvalue weighted by Gasteiger charge is -2.28. The molecule has 0 spiro atoms. The van der Waals surface area contributed by atoms with E-state index in [4.69, 9.17) is 0 Å². The van der Waals surface area contributed by atoms with Crippen LogP contribution in [0.1, 0.15) is 19.3 Å². The Kier molecular flexibility index (Phi) is 3.50. The minimum Gasteiger partial charge on any atom is -0.388 e. The molecular formula is C13H19FN4O. The molecule has 2 saturated heterocycles. The summed E-state index contributed by atoms with van der Waals surface area (Å²) in [4.78, 5) is 12.5. The van der Waals surface area contributed by atoms with Crippen LogP contribution in [0.2, 0.25) is 0 Å². The maximum atomic E-state index is 13.4. The minimum atomic E-state index is -1.19. The number of aromatic nitrogens is 2. The fourth-order valence-corrected chi connectivity index (χ4v) is 2.74. The molecule has 2 aliphatic heterocycles. The smallest absolute Gasteiger partial charge is 0.145 e. The predicted octanol–water partition coefficient (Wildman–Crippen LogP) is 0.986. The van der Waals surface area contributed by atoms with Gasteiger partial charge in [-0.3, -0.25) is 0 Å². The van der Waals surface area contributed by atoms with Crippen molar-refractivity contribution in [3.8, 4) is 0 Å². The van der Waals surface area contributed by atoms with E-state index in [2.05, 4.69) is 14.9 Å². The Balaban J connectivity index is 1.76. The molecule has 19 heavy (non-hydrogen) atoms. The molecule has 1 N–H and O–H groups in total. The maximum absolute atomic E-state index is 13.4. The molecular weight excluding hydrogens is 247 g/mol. The summed E-state index contributed by atoms with van der Waals surface area (Å²) in [6.07, 6.45) is 3.08. The molecule has 0 amide bonds. The number of hydrogen-bond donors (Lipinski definition) is 1. The monoisotopic (exact) mass is 266 g/mol. The number of β-amino-alcohol motifs (C(OH)–C–C–N with tert-alkyl or cyclic N) is 1. The second kappa shape index (κ2) is 5.28. The van der Waals surface area contributed by atoms with Crippen LogP contribution in [0.5, 0.6) is 0 Å². The van der Waals surface area contributed by atoms with Crippen molar-refractivity contribution in [1.29, 1.82) is 0 Å². The Morgan fingerprint density at radius 2 is 1.74 bits per heavy atom. The van der Waals surface area contributed by atoms with Crippen molar-refractivity contribution in [2.24, 2.45) is 0 Å². The normalized spacial score (nSPS) is 27.9. The number of aliphatic hydroxyl groups is 1. The zero-order valence-corrected chi connectivity index (χ0v) is 10.9. The van der Waals surface area contributed by atoms with Gasteiger partial charge >= 0.3 is 0 Å². The summed E-state index contributed by atoms with van der Waals surface area (Å²) >= 11 is 0. The first kappa shape index (κ1) is 12.6. The number of hydrogen-bond acceptors (Lipinski definition) is 5. The van der Waals surface area contributed by atoms with E-state index in [1.165, 1.54) is 25.6 Å². The lowest BCUT2D eigenvalue weighted by molar-refractivity contribution is 0.118. The van der Waals surface area contributed by atoms with Gasteiger partial charge in [0, 0.05) is 25.7 Å². The number of nitrogens with zero attached hydrogens (tertiary/aromatic N) is 4. The standard InChI is InChI=1S/C13H19FN4O/c14-10-7-18(8-11(10)19)13-6-12(15-9-16-13)17-4-2-1-3-5-17/h6,9-11,19H,1-5,7-8H2/t10-,11-/m1/s1. The summed E-state index contributed by atoms with van der Waals surface area (Å²) in [5, 5.41) is 9.48. The first-order valence-electron chi connectivity index (χ1n) is 6.88. The van der Waals surface area contributed by atoms with Crippen LogP contribution >= 0.6 is 0 Å². The van der Waals surface area contributed by atoms with Gasteiger partial charge in [-0.1, -0.05) is 0 Å². The lowest BCUT2D eigenvalue weighted by Crippen LogP contribution is -2.30. The van der Waals surface area contributed by atoms with Crippen LogP contribution in [0, 0.1) is 0 Å². The van der Waals surface area contributed by atoms with Crippen molar-refractivity contribution >= 4 is 11.6 Å². The molecule has 0 aromatic carbocycles. The molecule has 0 saturated carbocycles. The van der Waals surface area contributed by atoms with Crippen molar-refractivity contribution in [1.82, 2.24) is 9.97 Å². The molecule has 104 valence electrons. The molecule has 0 radical (unpaired) electrons. The number of anilines is 2. The molecule has 2 aliphatic rings. The lowest BCUT2D eigenvalue weighted by atomic mass is 10.1. The Morgan fingerprint density at radius 3 is 2.37 bits per heavy atom. The number of halogens is 1. The van der Waals surface area contributed by atoms with Crippen molar-refractivity contribution in [3.05, 3.63) is 12.4 Å². The quantitative estimate of drug-likeness (QED) is 0.865. The summed E-state index contributed by atoms with van der Waals surface area (Å²) in [5.41, 5.74) is 0. The molecule has 3 heterocycles. The van der Waals surface area contributed by atoms with Crippen LogP contribution in [0.25, 0.3) is 0 Å². The number of alkyl halides is 1. The van der Waals surface area contributed by atoms with E-state index in [0.29, 0.717) is 12.4 Å². The highest BCUT2D eigenvalue weighted by Gasteiger charge is 2.32.